The van der Waals surface area contributed by atoms with Crippen molar-refractivity contribution in [1.29, 1.82) is 0 Å². The first-order valence-corrected chi connectivity index (χ1v) is 17.7. The average Bonchev–Trinajstić information content (AvgIpc) is 3.68. The van der Waals surface area contributed by atoms with Crippen LogP contribution in [0, 0.1) is 0 Å². The quantitative estimate of drug-likeness (QED) is 0.283. The Morgan fingerprint density at radius 1 is 1.00 bits per heavy atom. The molecule has 0 saturated carbocycles. The maximum absolute atomic E-state index is 13.6. The second kappa shape index (κ2) is 14.1. The summed E-state index contributed by atoms with van der Waals surface area (Å²) in [6, 6.07) is 7.38. The van der Waals surface area contributed by atoms with Crippen LogP contribution in [0.25, 0.3) is 10.3 Å². The van der Waals surface area contributed by atoms with E-state index in [0.29, 0.717) is 55.6 Å². The topological polar surface area (TPSA) is 131 Å². The molecule has 0 unspecified atom stereocenters. The van der Waals surface area contributed by atoms with Crippen molar-refractivity contribution in [3.63, 3.8) is 0 Å². The molecule has 3 aliphatic heterocycles. The number of fused-ring (bicyclic) bond motifs is 1. The number of morpholine rings is 1. The summed E-state index contributed by atoms with van der Waals surface area (Å²) in [6.45, 7) is 9.78. The summed E-state index contributed by atoms with van der Waals surface area (Å²) in [7, 11) is -3.62. The maximum Gasteiger partial charge on any atom is 0.475 e. The Balaban J connectivity index is 1.20. The lowest BCUT2D eigenvalue weighted by Gasteiger charge is -2.29. The summed E-state index contributed by atoms with van der Waals surface area (Å²) >= 11 is 1.58. The van der Waals surface area contributed by atoms with Crippen molar-refractivity contribution >= 4 is 57.9 Å². The van der Waals surface area contributed by atoms with Crippen molar-refractivity contribution < 1.29 is 27.7 Å². The van der Waals surface area contributed by atoms with Gasteiger partial charge in [-0.1, -0.05) is 17.4 Å². The number of thiazole rings is 1. The van der Waals surface area contributed by atoms with E-state index in [1.54, 1.807) is 31.3 Å². The lowest BCUT2D eigenvalue weighted by Crippen LogP contribution is -2.36. The molecule has 15 heteroatoms. The number of ether oxygens (including phenoxy) is 1. The van der Waals surface area contributed by atoms with Gasteiger partial charge >= 0.3 is 7.82 Å². The number of aromatic nitrogens is 3. The van der Waals surface area contributed by atoms with Crippen LogP contribution in [0.4, 0.5) is 22.5 Å². The molecule has 3 aliphatic rings. The summed E-state index contributed by atoms with van der Waals surface area (Å²) < 4.78 is 35.7. The van der Waals surface area contributed by atoms with E-state index in [0.717, 1.165) is 54.7 Å². The number of amides is 1. The molecule has 3 fully saturated rings. The van der Waals surface area contributed by atoms with Gasteiger partial charge < -0.3 is 24.8 Å². The first kappa shape index (κ1) is 31.1. The third kappa shape index (κ3) is 7.16. The number of rotatable bonds is 11. The Kier molecular flexibility index (Phi) is 9.94. The first-order valence-electron chi connectivity index (χ1n) is 15.4. The molecule has 1 N–H and O–H groups in total. The van der Waals surface area contributed by atoms with E-state index in [2.05, 4.69) is 20.1 Å². The van der Waals surface area contributed by atoms with Gasteiger partial charge in [-0.15, -0.1) is 0 Å². The van der Waals surface area contributed by atoms with Gasteiger partial charge in [0, 0.05) is 39.3 Å². The lowest BCUT2D eigenvalue weighted by molar-refractivity contribution is 0.0918. The third-order valence-corrected chi connectivity index (χ3v) is 10.6. The molecule has 1 amide bonds. The number of pyridine rings is 2. The monoisotopic (exact) mass is 645 g/mol. The Morgan fingerprint density at radius 2 is 1.77 bits per heavy atom. The molecule has 6 rings (SSSR count). The fraction of sp³-hybridized carbons (Fsp3) is 0.586. The maximum atomic E-state index is 13.6. The molecule has 13 nitrogen and oxygen atoms in total. The normalized spacial score (nSPS) is 19.6. The molecule has 6 heterocycles. The highest BCUT2D eigenvalue weighted by molar-refractivity contribution is 7.48. The predicted octanol–water partition coefficient (Wildman–Crippen LogP) is 4.94. The van der Waals surface area contributed by atoms with Gasteiger partial charge in [-0.2, -0.15) is 4.98 Å². The number of carbonyl (C=O) groups excluding carboxylic acids is 1. The molecular formula is C29H40N7O6PS. The van der Waals surface area contributed by atoms with Crippen molar-refractivity contribution in [3.05, 3.63) is 30.0 Å². The smallest absolute Gasteiger partial charge is 0.378 e. The van der Waals surface area contributed by atoms with E-state index in [1.165, 1.54) is 6.42 Å². The van der Waals surface area contributed by atoms with E-state index in [9.17, 15) is 9.36 Å². The zero-order valence-corrected chi connectivity index (χ0v) is 27.0. The molecule has 3 aromatic heterocycles. The standard InChI is InChI=1S/C29H40N7O6PS/c1-3-40-43(38,41-4-2)42-21-11-14-36(20-21)25-10-8-9-22(30-25)28(37)31-23-19-24-26(32-27(23)34-12-6-5-7-13-34)33-29(44-24)35-15-17-39-18-16-35/h8-10,19,21H,3-7,11-18,20H2,1-2H3,(H,31,37)/t21-/m0/s1. The minimum Gasteiger partial charge on any atom is -0.378 e. The van der Waals surface area contributed by atoms with Crippen molar-refractivity contribution in [3.8, 4) is 0 Å². The van der Waals surface area contributed by atoms with Gasteiger partial charge in [0.05, 0.1) is 42.9 Å². The molecule has 1 atom stereocenters. The Hall–Kier alpha value is -2.87. The molecule has 0 bridgehead atoms. The SMILES string of the molecule is CCOP(=O)(OCC)O[C@H]1CCN(c2cccc(C(=O)Nc3cc4sc(N5CCOCC5)nc4nc3N3CCCCC3)n2)C1. The van der Waals surface area contributed by atoms with Crippen LogP contribution in [0.15, 0.2) is 24.3 Å². The number of nitrogens with zero attached hydrogens (tertiary/aromatic N) is 6. The fourth-order valence-electron chi connectivity index (χ4n) is 5.70. The van der Waals surface area contributed by atoms with Crippen molar-refractivity contribution in [2.45, 2.75) is 45.6 Å². The number of carbonyl (C=O) groups is 1. The highest BCUT2D eigenvalue weighted by atomic mass is 32.1. The molecule has 3 saturated heterocycles. The van der Waals surface area contributed by atoms with Crippen LogP contribution in [0.3, 0.4) is 0 Å². The van der Waals surface area contributed by atoms with Gasteiger partial charge in [0.15, 0.2) is 16.6 Å². The lowest BCUT2D eigenvalue weighted by atomic mass is 10.1. The molecule has 0 aromatic carbocycles. The number of hydrogen-bond acceptors (Lipinski definition) is 13. The summed E-state index contributed by atoms with van der Waals surface area (Å²) in [4.78, 5) is 34.6. The van der Waals surface area contributed by atoms with Crippen LogP contribution in [0.5, 0.6) is 0 Å². The fourth-order valence-corrected chi connectivity index (χ4v) is 8.07. The van der Waals surface area contributed by atoms with Gasteiger partial charge in [-0.3, -0.25) is 18.4 Å². The van der Waals surface area contributed by atoms with E-state index >= 15 is 0 Å². The Morgan fingerprint density at radius 3 is 2.52 bits per heavy atom. The first-order chi connectivity index (χ1) is 21.4. The van der Waals surface area contributed by atoms with Crippen LogP contribution < -0.4 is 20.0 Å². The van der Waals surface area contributed by atoms with E-state index in [1.807, 2.05) is 23.1 Å². The van der Waals surface area contributed by atoms with Crippen molar-refractivity contribution in [2.24, 2.45) is 0 Å². The van der Waals surface area contributed by atoms with Crippen LogP contribution in [-0.2, 0) is 22.9 Å². The zero-order valence-electron chi connectivity index (χ0n) is 25.3. The molecule has 3 aromatic rings. The number of phosphoric ester groups is 1. The van der Waals surface area contributed by atoms with Gasteiger partial charge in [-0.25, -0.2) is 14.5 Å². The summed E-state index contributed by atoms with van der Waals surface area (Å²) in [5.74, 6) is 1.08. The summed E-state index contributed by atoms with van der Waals surface area (Å²) in [6.07, 6.45) is 3.64. The van der Waals surface area contributed by atoms with E-state index < -0.39 is 7.82 Å². The van der Waals surface area contributed by atoms with Gasteiger partial charge in [-0.05, 0) is 57.7 Å². The van der Waals surface area contributed by atoms with Crippen molar-refractivity contribution in [1.82, 2.24) is 15.0 Å². The summed E-state index contributed by atoms with van der Waals surface area (Å²) in [5.41, 5.74) is 1.65. The van der Waals surface area contributed by atoms with E-state index in [4.69, 9.17) is 28.3 Å². The molecule has 0 radical (unpaired) electrons. The van der Waals surface area contributed by atoms with E-state index in [-0.39, 0.29) is 25.2 Å². The minimum absolute atomic E-state index is 0.229. The van der Waals surface area contributed by atoms with Gasteiger partial charge in [0.1, 0.15) is 11.5 Å². The molecule has 238 valence electrons. The molecule has 44 heavy (non-hydrogen) atoms. The minimum atomic E-state index is -3.62. The van der Waals surface area contributed by atoms with Crippen LogP contribution >= 0.6 is 19.2 Å². The van der Waals surface area contributed by atoms with Crippen molar-refractivity contribution in [2.75, 3.05) is 85.7 Å². The number of hydrogen-bond donors (Lipinski definition) is 1. The zero-order chi connectivity index (χ0) is 30.5. The highest BCUT2D eigenvalue weighted by Gasteiger charge is 2.34. The van der Waals surface area contributed by atoms with Crippen LogP contribution in [0.2, 0.25) is 0 Å². The largest absolute Gasteiger partial charge is 0.475 e. The van der Waals surface area contributed by atoms with Crippen LogP contribution in [-0.4, -0.2) is 92.7 Å². The second-order valence-electron chi connectivity index (χ2n) is 10.9. The van der Waals surface area contributed by atoms with Gasteiger partial charge in [0.2, 0.25) is 0 Å². The number of nitrogens with one attached hydrogen (secondary N) is 1. The third-order valence-electron chi connectivity index (χ3n) is 7.83. The average molecular weight is 646 g/mol. The second-order valence-corrected chi connectivity index (χ2v) is 13.5. The Labute approximate surface area is 261 Å². The Bertz CT molecular complexity index is 1490. The number of piperidine rings is 1. The van der Waals surface area contributed by atoms with Crippen LogP contribution in [0.1, 0.15) is 50.0 Å². The highest BCUT2D eigenvalue weighted by Crippen LogP contribution is 2.51. The number of anilines is 4. The molecule has 0 aliphatic carbocycles. The van der Waals surface area contributed by atoms with Gasteiger partial charge in [0.25, 0.3) is 5.91 Å². The number of phosphoric acid groups is 1. The molecular weight excluding hydrogens is 605 g/mol. The predicted molar refractivity (Wildman–Crippen MR) is 171 cm³/mol. The summed E-state index contributed by atoms with van der Waals surface area (Å²) in [5, 5.41) is 4.04. The molecule has 0 spiro atoms.